The van der Waals surface area contributed by atoms with Crippen LogP contribution in [0.5, 0.6) is 34.5 Å². The molecule has 1 saturated heterocycles. The predicted octanol–water partition coefficient (Wildman–Crippen LogP) is -0.711. The van der Waals surface area contributed by atoms with Crippen molar-refractivity contribution < 1.29 is 60.2 Å². The molecule has 1 heterocycles. The number of ketones is 1. The van der Waals surface area contributed by atoms with Crippen molar-refractivity contribution in [1.29, 1.82) is 0 Å². The van der Waals surface area contributed by atoms with Gasteiger partial charge in [-0.05, 0) is 23.8 Å². The Hall–Kier alpha value is -3.55. The molecule has 1 aliphatic heterocycles. The zero-order valence-electron chi connectivity index (χ0n) is 16.8. The van der Waals surface area contributed by atoms with E-state index in [2.05, 4.69) is 0 Å². The van der Waals surface area contributed by atoms with E-state index < -0.39 is 77.4 Å². The molecule has 178 valence electrons. The van der Waals surface area contributed by atoms with E-state index in [-0.39, 0.29) is 5.75 Å². The molecule has 33 heavy (non-hydrogen) atoms. The molecule has 0 spiro atoms. The molecule has 0 aromatic heterocycles. The van der Waals surface area contributed by atoms with E-state index in [1.807, 2.05) is 0 Å². The van der Waals surface area contributed by atoms with Crippen molar-refractivity contribution in [1.82, 2.24) is 0 Å². The maximum Gasteiger partial charge on any atom is 0.229 e. The Morgan fingerprint density at radius 1 is 0.909 bits per heavy atom. The molecule has 0 aliphatic carbocycles. The molecular formula is C21H22O12. The van der Waals surface area contributed by atoms with Gasteiger partial charge in [-0.3, -0.25) is 4.79 Å². The predicted molar refractivity (Wildman–Crippen MR) is 109 cm³/mol. The average molecular weight is 466 g/mol. The highest BCUT2D eigenvalue weighted by molar-refractivity contribution is 6.11. The number of benzene rings is 2. The van der Waals surface area contributed by atoms with E-state index in [0.717, 1.165) is 18.2 Å². The fraction of sp³-hybridized carbons (Fsp3) is 0.286. The quantitative estimate of drug-likeness (QED) is 0.112. The molecule has 12 heteroatoms. The molecule has 3 rings (SSSR count). The number of hydrogen-bond donors (Lipinski definition) is 9. The molecule has 1 fully saturated rings. The first-order chi connectivity index (χ1) is 15.5. The number of aliphatic hydroxyl groups is 4. The highest BCUT2D eigenvalue weighted by Gasteiger charge is 2.45. The van der Waals surface area contributed by atoms with Gasteiger partial charge >= 0.3 is 0 Å². The zero-order chi connectivity index (χ0) is 24.4. The Kier molecular flexibility index (Phi) is 6.95. The first-order valence-corrected chi connectivity index (χ1v) is 9.54. The summed E-state index contributed by atoms with van der Waals surface area (Å²) < 4.78 is 10.3. The summed E-state index contributed by atoms with van der Waals surface area (Å²) in [5.41, 5.74) is -0.377. The van der Waals surface area contributed by atoms with Crippen LogP contribution in [0.2, 0.25) is 0 Å². The van der Waals surface area contributed by atoms with E-state index in [4.69, 9.17) is 9.47 Å². The second kappa shape index (κ2) is 9.52. The fourth-order valence-electron chi connectivity index (χ4n) is 3.14. The van der Waals surface area contributed by atoms with Crippen molar-refractivity contribution >= 4 is 11.9 Å². The monoisotopic (exact) mass is 466 g/mol. The molecule has 0 saturated carbocycles. The number of phenols is 5. The number of allylic oxidation sites excluding steroid dienone is 1. The van der Waals surface area contributed by atoms with Crippen LogP contribution < -0.4 is 4.74 Å². The number of hydrogen-bond acceptors (Lipinski definition) is 12. The number of carbonyl (C=O) groups is 1. The van der Waals surface area contributed by atoms with Gasteiger partial charge in [-0.1, -0.05) is 12.1 Å². The number of aliphatic hydroxyl groups excluding tert-OH is 4. The largest absolute Gasteiger partial charge is 0.507 e. The zero-order valence-corrected chi connectivity index (χ0v) is 16.8. The lowest BCUT2D eigenvalue weighted by molar-refractivity contribution is -0.277. The normalized spacial score (nSPS) is 25.3. The molecule has 9 N–H and O–H groups in total. The lowest BCUT2D eigenvalue weighted by Gasteiger charge is -2.39. The number of ether oxygens (including phenoxy) is 2. The van der Waals surface area contributed by atoms with Crippen LogP contribution in [0, 0.1) is 0 Å². The lowest BCUT2D eigenvalue weighted by atomic mass is 9.99. The SMILES string of the molecule is O=C(/C=C/c1ccc(O)c(O)c1)c1c(O)cc(O[C@@H]2O[C@H](CO)[C@@H](O)[C@@H](O)[C@H]2O)c(O)c1O. The van der Waals surface area contributed by atoms with Gasteiger partial charge in [-0.2, -0.15) is 0 Å². The number of phenolic OH excluding ortho intramolecular Hbond substituents is 5. The van der Waals surface area contributed by atoms with Crippen LogP contribution in [0.25, 0.3) is 6.08 Å². The second-order valence-electron chi connectivity index (χ2n) is 7.23. The smallest absolute Gasteiger partial charge is 0.229 e. The van der Waals surface area contributed by atoms with Gasteiger partial charge in [0.2, 0.25) is 12.0 Å². The van der Waals surface area contributed by atoms with E-state index in [1.165, 1.54) is 18.2 Å². The molecule has 0 bridgehead atoms. The molecule has 0 unspecified atom stereocenters. The summed E-state index contributed by atoms with van der Waals surface area (Å²) in [6.45, 7) is -0.730. The minimum absolute atomic E-state index is 0.310. The number of carbonyl (C=O) groups excluding carboxylic acids is 1. The topological polar surface area (TPSA) is 218 Å². The third-order valence-corrected chi connectivity index (χ3v) is 4.98. The minimum Gasteiger partial charge on any atom is -0.507 e. The maximum absolute atomic E-state index is 12.5. The van der Waals surface area contributed by atoms with E-state index >= 15 is 0 Å². The van der Waals surface area contributed by atoms with Crippen LogP contribution >= 0.6 is 0 Å². The highest BCUT2D eigenvalue weighted by Crippen LogP contribution is 2.44. The Bertz CT molecular complexity index is 1060. The van der Waals surface area contributed by atoms with Crippen LogP contribution in [0.1, 0.15) is 15.9 Å². The first-order valence-electron chi connectivity index (χ1n) is 9.54. The third kappa shape index (κ3) is 4.79. The van der Waals surface area contributed by atoms with Crippen molar-refractivity contribution in [3.8, 4) is 34.5 Å². The second-order valence-corrected chi connectivity index (χ2v) is 7.23. The molecule has 12 nitrogen and oxygen atoms in total. The number of aromatic hydroxyl groups is 5. The molecule has 1 aliphatic rings. The van der Waals surface area contributed by atoms with Crippen molar-refractivity contribution in [3.63, 3.8) is 0 Å². The minimum atomic E-state index is -1.82. The Morgan fingerprint density at radius 3 is 2.24 bits per heavy atom. The summed E-state index contributed by atoms with van der Waals surface area (Å²) in [6, 6.07) is 4.48. The van der Waals surface area contributed by atoms with Crippen molar-refractivity contribution in [2.75, 3.05) is 6.61 Å². The molecule has 0 amide bonds. The van der Waals surface area contributed by atoms with Gasteiger partial charge < -0.3 is 55.4 Å². The lowest BCUT2D eigenvalue weighted by Crippen LogP contribution is -2.60. The Labute approximate surface area is 186 Å². The van der Waals surface area contributed by atoms with Crippen LogP contribution in [-0.2, 0) is 4.74 Å². The van der Waals surface area contributed by atoms with E-state index in [9.17, 15) is 50.8 Å². The summed E-state index contributed by atoms with van der Waals surface area (Å²) in [5.74, 6) is -5.23. The van der Waals surface area contributed by atoms with Gasteiger partial charge in [-0.25, -0.2) is 0 Å². The van der Waals surface area contributed by atoms with Crippen LogP contribution in [-0.4, -0.2) is 89.1 Å². The van der Waals surface area contributed by atoms with Crippen LogP contribution in [0.3, 0.4) is 0 Å². The van der Waals surface area contributed by atoms with Gasteiger partial charge in [0.05, 0.1) is 6.61 Å². The summed E-state index contributed by atoms with van der Waals surface area (Å²) in [4.78, 5) is 12.5. The summed E-state index contributed by atoms with van der Waals surface area (Å²) in [7, 11) is 0. The fourth-order valence-corrected chi connectivity index (χ4v) is 3.14. The van der Waals surface area contributed by atoms with Gasteiger partial charge in [0.25, 0.3) is 0 Å². The molecular weight excluding hydrogens is 444 g/mol. The Balaban J connectivity index is 1.84. The summed E-state index contributed by atoms with van der Waals surface area (Å²) >= 11 is 0. The van der Waals surface area contributed by atoms with E-state index in [0.29, 0.717) is 5.56 Å². The molecule has 5 atom stereocenters. The molecule has 2 aromatic rings. The molecule has 2 aromatic carbocycles. The maximum atomic E-state index is 12.5. The van der Waals surface area contributed by atoms with Crippen LogP contribution in [0.15, 0.2) is 30.3 Å². The summed E-state index contributed by atoms with van der Waals surface area (Å²) in [5, 5.41) is 88.3. The van der Waals surface area contributed by atoms with Gasteiger partial charge in [0.1, 0.15) is 35.7 Å². The molecule has 0 radical (unpaired) electrons. The van der Waals surface area contributed by atoms with Gasteiger partial charge in [0, 0.05) is 6.07 Å². The van der Waals surface area contributed by atoms with Gasteiger partial charge in [0.15, 0.2) is 28.8 Å². The van der Waals surface area contributed by atoms with Crippen molar-refractivity contribution in [2.45, 2.75) is 30.7 Å². The van der Waals surface area contributed by atoms with Crippen molar-refractivity contribution in [3.05, 3.63) is 41.5 Å². The van der Waals surface area contributed by atoms with Crippen molar-refractivity contribution in [2.24, 2.45) is 0 Å². The van der Waals surface area contributed by atoms with E-state index in [1.54, 1.807) is 0 Å². The Morgan fingerprint density at radius 2 is 1.61 bits per heavy atom. The summed E-state index contributed by atoms with van der Waals surface area (Å²) in [6.07, 6.45) is -6.11. The first kappa shape index (κ1) is 24.1. The standard InChI is InChI=1S/C21H22O12/c22-7-14-17(28)19(30)20(31)21(33-14)32-13-6-12(26)15(18(29)16(13)27)10(24)4-2-8-1-3-9(23)11(25)5-8/h1-6,14,17,19-23,25-31H,7H2/b4-2+/t14-,17-,19-,20-,21-/m1/s1. The third-order valence-electron chi connectivity index (χ3n) is 4.98. The average Bonchev–Trinajstić information content (AvgIpc) is 2.78. The highest BCUT2D eigenvalue weighted by atomic mass is 16.7. The van der Waals surface area contributed by atoms with Gasteiger partial charge in [-0.15, -0.1) is 0 Å². The number of rotatable bonds is 6. The van der Waals surface area contributed by atoms with Crippen LogP contribution in [0.4, 0.5) is 0 Å².